The zero-order valence-corrected chi connectivity index (χ0v) is 14.6. The molecule has 6 nitrogen and oxygen atoms in total. The van der Waals surface area contributed by atoms with Crippen molar-refractivity contribution in [2.75, 3.05) is 20.2 Å². The smallest absolute Gasteiger partial charge is 0.257 e. The summed E-state index contributed by atoms with van der Waals surface area (Å²) in [6.45, 7) is 5.11. The minimum Gasteiger partial charge on any atom is -0.496 e. The molecular formula is C16H24N2O4S. The highest BCUT2D eigenvalue weighted by molar-refractivity contribution is 7.89. The highest BCUT2D eigenvalue weighted by atomic mass is 32.2. The molecule has 0 spiro atoms. The van der Waals surface area contributed by atoms with Gasteiger partial charge in [-0.05, 0) is 44.4 Å². The van der Waals surface area contributed by atoms with Gasteiger partial charge in [0.1, 0.15) is 5.75 Å². The molecule has 1 aromatic rings. The summed E-state index contributed by atoms with van der Waals surface area (Å²) in [5.74, 6) is 0.212. The molecule has 0 aromatic heterocycles. The zero-order chi connectivity index (χ0) is 17.0. The van der Waals surface area contributed by atoms with E-state index in [2.05, 4.69) is 4.72 Å². The fourth-order valence-electron chi connectivity index (χ4n) is 2.53. The van der Waals surface area contributed by atoms with Crippen molar-refractivity contribution in [1.82, 2.24) is 9.62 Å². The Balaban J connectivity index is 2.36. The van der Waals surface area contributed by atoms with Crippen LogP contribution < -0.4 is 9.46 Å². The van der Waals surface area contributed by atoms with Crippen molar-refractivity contribution in [1.29, 1.82) is 0 Å². The van der Waals surface area contributed by atoms with E-state index in [1.165, 1.54) is 25.3 Å². The second-order valence-electron chi connectivity index (χ2n) is 5.79. The molecule has 1 saturated heterocycles. The fourth-order valence-corrected chi connectivity index (χ4v) is 3.88. The van der Waals surface area contributed by atoms with Gasteiger partial charge in [0.25, 0.3) is 5.91 Å². The molecule has 0 saturated carbocycles. The first-order chi connectivity index (χ1) is 10.9. The Morgan fingerprint density at radius 1 is 1.35 bits per heavy atom. The Kier molecular flexibility index (Phi) is 5.64. The quantitative estimate of drug-likeness (QED) is 0.859. The third-order valence-electron chi connectivity index (χ3n) is 4.07. The molecule has 23 heavy (non-hydrogen) atoms. The Labute approximate surface area is 137 Å². The number of likely N-dealkylation sites (tertiary alicyclic amines) is 1. The number of hydrogen-bond donors (Lipinski definition) is 1. The Morgan fingerprint density at radius 3 is 2.57 bits per heavy atom. The normalized spacial score (nSPS) is 16.4. The van der Waals surface area contributed by atoms with Gasteiger partial charge in [-0.3, -0.25) is 4.79 Å². The number of amides is 1. The standard InChI is InChI=1S/C16H24N2O4S/c1-4-12(2)17-23(20,21)13-7-8-15(22-3)14(11-13)16(19)18-9-5-6-10-18/h7-8,11-12,17H,4-6,9-10H2,1-3H3/t12-/m0/s1. The number of rotatable bonds is 6. The molecule has 1 heterocycles. The summed E-state index contributed by atoms with van der Waals surface area (Å²) >= 11 is 0. The minimum atomic E-state index is -3.65. The van der Waals surface area contributed by atoms with E-state index < -0.39 is 10.0 Å². The molecule has 0 radical (unpaired) electrons. The Hall–Kier alpha value is -1.60. The van der Waals surface area contributed by atoms with Gasteiger partial charge in [-0.2, -0.15) is 0 Å². The summed E-state index contributed by atoms with van der Waals surface area (Å²) in [4.78, 5) is 14.4. The molecule has 0 bridgehead atoms. The second kappa shape index (κ2) is 7.31. The van der Waals surface area contributed by atoms with Crippen LogP contribution in [0, 0.1) is 0 Å². The number of hydrogen-bond acceptors (Lipinski definition) is 4. The van der Waals surface area contributed by atoms with Gasteiger partial charge >= 0.3 is 0 Å². The molecule has 1 aliphatic heterocycles. The van der Waals surface area contributed by atoms with Gasteiger partial charge in [-0.15, -0.1) is 0 Å². The van der Waals surface area contributed by atoms with Crippen LogP contribution in [0.2, 0.25) is 0 Å². The number of methoxy groups -OCH3 is 1. The van der Waals surface area contributed by atoms with Crippen molar-refractivity contribution in [2.24, 2.45) is 0 Å². The highest BCUT2D eigenvalue weighted by Gasteiger charge is 2.25. The lowest BCUT2D eigenvalue weighted by atomic mass is 10.1. The number of carbonyl (C=O) groups excluding carboxylic acids is 1. The maximum atomic E-state index is 12.6. The van der Waals surface area contributed by atoms with Crippen molar-refractivity contribution in [3.8, 4) is 5.75 Å². The van der Waals surface area contributed by atoms with Crippen LogP contribution in [-0.4, -0.2) is 45.5 Å². The van der Waals surface area contributed by atoms with Crippen LogP contribution >= 0.6 is 0 Å². The highest BCUT2D eigenvalue weighted by Crippen LogP contribution is 2.25. The van der Waals surface area contributed by atoms with Crippen molar-refractivity contribution < 1.29 is 17.9 Å². The number of nitrogens with zero attached hydrogens (tertiary/aromatic N) is 1. The third kappa shape index (κ3) is 4.03. The van der Waals surface area contributed by atoms with Crippen LogP contribution in [0.1, 0.15) is 43.5 Å². The maximum Gasteiger partial charge on any atom is 0.257 e. The summed E-state index contributed by atoms with van der Waals surface area (Å²) in [5, 5.41) is 0. The van der Waals surface area contributed by atoms with Crippen LogP contribution in [0.25, 0.3) is 0 Å². The number of benzene rings is 1. The monoisotopic (exact) mass is 340 g/mol. The van der Waals surface area contributed by atoms with E-state index in [4.69, 9.17) is 4.74 Å². The van der Waals surface area contributed by atoms with E-state index in [9.17, 15) is 13.2 Å². The first kappa shape index (κ1) is 17.7. The van der Waals surface area contributed by atoms with Gasteiger partial charge in [-0.1, -0.05) is 6.92 Å². The zero-order valence-electron chi connectivity index (χ0n) is 13.8. The molecule has 0 unspecified atom stereocenters. The average molecular weight is 340 g/mol. The number of sulfonamides is 1. The lowest BCUT2D eigenvalue weighted by Crippen LogP contribution is -2.32. The SMILES string of the molecule is CC[C@H](C)NS(=O)(=O)c1ccc(OC)c(C(=O)N2CCCC2)c1. The molecule has 1 atom stereocenters. The fraction of sp³-hybridized carbons (Fsp3) is 0.562. The maximum absolute atomic E-state index is 12.6. The van der Waals surface area contributed by atoms with Crippen LogP contribution in [0.4, 0.5) is 0 Å². The number of ether oxygens (including phenoxy) is 1. The lowest BCUT2D eigenvalue weighted by Gasteiger charge is -2.18. The first-order valence-corrected chi connectivity index (χ1v) is 9.37. The van der Waals surface area contributed by atoms with Gasteiger partial charge in [0, 0.05) is 19.1 Å². The Morgan fingerprint density at radius 2 is 2.00 bits per heavy atom. The number of carbonyl (C=O) groups is 1. The largest absolute Gasteiger partial charge is 0.496 e. The van der Waals surface area contributed by atoms with E-state index in [0.717, 1.165) is 12.8 Å². The molecule has 0 aliphatic carbocycles. The Bertz CT molecular complexity index is 667. The van der Waals surface area contributed by atoms with E-state index in [1.807, 2.05) is 6.92 Å². The summed E-state index contributed by atoms with van der Waals surface area (Å²) in [6, 6.07) is 4.24. The summed E-state index contributed by atoms with van der Waals surface area (Å²) in [6.07, 6.45) is 2.64. The molecule has 1 aromatic carbocycles. The predicted molar refractivity (Wildman–Crippen MR) is 88.2 cm³/mol. The predicted octanol–water partition coefficient (Wildman–Crippen LogP) is 2.01. The van der Waals surface area contributed by atoms with E-state index in [0.29, 0.717) is 30.8 Å². The second-order valence-corrected chi connectivity index (χ2v) is 7.51. The minimum absolute atomic E-state index is 0.0844. The van der Waals surface area contributed by atoms with Crippen molar-refractivity contribution in [2.45, 2.75) is 44.0 Å². The van der Waals surface area contributed by atoms with Gasteiger partial charge in [0.15, 0.2) is 0 Å². The first-order valence-electron chi connectivity index (χ1n) is 7.88. The summed E-state index contributed by atoms with van der Waals surface area (Å²) in [7, 11) is -2.18. The van der Waals surface area contributed by atoms with Crippen LogP contribution in [0.5, 0.6) is 5.75 Å². The van der Waals surface area contributed by atoms with Crippen molar-refractivity contribution >= 4 is 15.9 Å². The van der Waals surface area contributed by atoms with Gasteiger partial charge in [-0.25, -0.2) is 13.1 Å². The molecule has 1 aliphatic rings. The molecule has 7 heteroatoms. The van der Waals surface area contributed by atoms with Crippen LogP contribution in [0.15, 0.2) is 23.1 Å². The lowest BCUT2D eigenvalue weighted by molar-refractivity contribution is 0.0789. The van der Waals surface area contributed by atoms with Crippen LogP contribution in [-0.2, 0) is 10.0 Å². The molecule has 1 amide bonds. The molecular weight excluding hydrogens is 316 g/mol. The van der Waals surface area contributed by atoms with Gasteiger partial charge < -0.3 is 9.64 Å². The summed E-state index contributed by atoms with van der Waals surface area (Å²) < 4.78 is 32.7. The van der Waals surface area contributed by atoms with Gasteiger partial charge in [0.05, 0.1) is 17.6 Å². The third-order valence-corrected chi connectivity index (χ3v) is 5.66. The van der Waals surface area contributed by atoms with E-state index >= 15 is 0 Å². The van der Waals surface area contributed by atoms with Crippen LogP contribution in [0.3, 0.4) is 0 Å². The average Bonchev–Trinajstić information content (AvgIpc) is 3.07. The molecule has 2 rings (SSSR count). The molecule has 128 valence electrons. The van der Waals surface area contributed by atoms with E-state index in [-0.39, 0.29) is 16.8 Å². The van der Waals surface area contributed by atoms with Crippen molar-refractivity contribution in [3.05, 3.63) is 23.8 Å². The summed E-state index contributed by atoms with van der Waals surface area (Å²) in [5.41, 5.74) is 0.293. The topological polar surface area (TPSA) is 75.7 Å². The van der Waals surface area contributed by atoms with Crippen molar-refractivity contribution in [3.63, 3.8) is 0 Å². The molecule has 1 fully saturated rings. The van der Waals surface area contributed by atoms with E-state index in [1.54, 1.807) is 11.8 Å². The number of nitrogens with one attached hydrogen (secondary N) is 1. The van der Waals surface area contributed by atoms with Gasteiger partial charge in [0.2, 0.25) is 10.0 Å². The molecule has 1 N–H and O–H groups in total.